The molecule has 6 nitrogen and oxygen atoms in total. The van der Waals surface area contributed by atoms with Crippen LogP contribution in [0.2, 0.25) is 0 Å². The minimum Gasteiger partial charge on any atom is -0.383 e. The van der Waals surface area contributed by atoms with E-state index in [1.807, 2.05) is 38.1 Å². The summed E-state index contributed by atoms with van der Waals surface area (Å²) >= 11 is 0. The maximum absolute atomic E-state index is 12.7. The van der Waals surface area contributed by atoms with Crippen molar-refractivity contribution in [3.05, 3.63) is 35.4 Å². The van der Waals surface area contributed by atoms with Crippen molar-refractivity contribution in [2.75, 3.05) is 33.4 Å². The zero-order valence-electron chi connectivity index (χ0n) is 16.5. The van der Waals surface area contributed by atoms with Gasteiger partial charge >= 0.3 is 0 Å². The van der Waals surface area contributed by atoms with Gasteiger partial charge in [-0.05, 0) is 17.0 Å². The number of nitrogens with one attached hydrogen (secondary N) is 2. The first-order chi connectivity index (χ1) is 12.5. The van der Waals surface area contributed by atoms with Crippen molar-refractivity contribution in [2.45, 2.75) is 39.3 Å². The van der Waals surface area contributed by atoms with Crippen LogP contribution in [0.3, 0.4) is 0 Å². The zero-order chi connectivity index (χ0) is 18.9. The predicted molar refractivity (Wildman–Crippen MR) is 109 cm³/mol. The summed E-state index contributed by atoms with van der Waals surface area (Å²) in [6.07, 6.45) is 1.04. The number of carbonyl (C=O) groups excluding carboxylic acids is 2. The van der Waals surface area contributed by atoms with Gasteiger partial charge in [0.15, 0.2) is 0 Å². The highest BCUT2D eigenvalue weighted by molar-refractivity contribution is 5.88. The second kappa shape index (κ2) is 12.0. The summed E-state index contributed by atoms with van der Waals surface area (Å²) in [6, 6.07) is 7.62. The van der Waals surface area contributed by atoms with Gasteiger partial charge in [0.25, 0.3) is 0 Å². The molecule has 1 aliphatic rings. The van der Waals surface area contributed by atoms with E-state index in [1.165, 1.54) is 0 Å². The molecule has 0 bridgehead atoms. The molecule has 7 heteroatoms. The Morgan fingerprint density at radius 1 is 1.19 bits per heavy atom. The molecule has 0 aliphatic carbocycles. The summed E-state index contributed by atoms with van der Waals surface area (Å²) in [6.45, 7) is 7.16. The second-order valence-corrected chi connectivity index (χ2v) is 7.14. The second-order valence-electron chi connectivity index (χ2n) is 7.14. The number of benzene rings is 1. The number of fused-ring (bicyclic) bond motifs is 1. The summed E-state index contributed by atoms with van der Waals surface area (Å²) in [5.74, 6) is 0.242. The summed E-state index contributed by atoms with van der Waals surface area (Å²) < 4.78 is 4.98. The first kappa shape index (κ1) is 23.4. The molecule has 0 fully saturated rings. The number of carbonyl (C=O) groups is 2. The minimum absolute atomic E-state index is 0. The standard InChI is InChI=1S/C20H31N3O3.ClH/c1-15(2)12-19(24)23-14-17-7-5-4-6-16(17)13-18(23)20(25)22-9-8-21-10-11-26-3;/h4-7,15,18,21H,8-14H2,1-3H3,(H,22,25);1H. The zero-order valence-corrected chi connectivity index (χ0v) is 17.3. The van der Waals surface area contributed by atoms with Crippen molar-refractivity contribution in [1.29, 1.82) is 0 Å². The lowest BCUT2D eigenvalue weighted by atomic mass is 9.92. The number of methoxy groups -OCH3 is 1. The molecule has 1 unspecified atom stereocenters. The summed E-state index contributed by atoms with van der Waals surface area (Å²) in [4.78, 5) is 27.2. The third-order valence-corrected chi connectivity index (χ3v) is 4.54. The van der Waals surface area contributed by atoms with E-state index in [9.17, 15) is 9.59 Å². The Bertz CT molecular complexity index is 610. The fourth-order valence-electron chi connectivity index (χ4n) is 3.18. The molecule has 1 aliphatic heterocycles. The average Bonchev–Trinajstić information content (AvgIpc) is 2.62. The summed E-state index contributed by atoms with van der Waals surface area (Å²) in [5, 5.41) is 6.16. The first-order valence-electron chi connectivity index (χ1n) is 9.36. The normalized spacial score (nSPS) is 15.9. The maximum Gasteiger partial charge on any atom is 0.243 e. The quantitative estimate of drug-likeness (QED) is 0.623. The molecule has 27 heavy (non-hydrogen) atoms. The molecule has 1 aromatic carbocycles. The van der Waals surface area contributed by atoms with E-state index >= 15 is 0 Å². The Balaban J connectivity index is 0.00000364. The minimum atomic E-state index is -0.435. The van der Waals surface area contributed by atoms with Gasteiger partial charge in [0.2, 0.25) is 11.8 Å². The predicted octanol–water partition coefficient (Wildman–Crippen LogP) is 1.76. The van der Waals surface area contributed by atoms with Crippen molar-refractivity contribution < 1.29 is 14.3 Å². The van der Waals surface area contributed by atoms with E-state index < -0.39 is 6.04 Å². The van der Waals surface area contributed by atoms with Crippen LogP contribution in [0.25, 0.3) is 0 Å². The fraction of sp³-hybridized carbons (Fsp3) is 0.600. The molecule has 0 radical (unpaired) electrons. The molecule has 0 saturated carbocycles. The van der Waals surface area contributed by atoms with E-state index in [-0.39, 0.29) is 30.1 Å². The van der Waals surface area contributed by atoms with Crippen molar-refractivity contribution in [3.63, 3.8) is 0 Å². The molecule has 0 aromatic heterocycles. The number of hydrogen-bond acceptors (Lipinski definition) is 4. The van der Waals surface area contributed by atoms with Crippen LogP contribution in [0.5, 0.6) is 0 Å². The SMILES string of the molecule is COCCNCCNC(=O)C1Cc2ccccc2CN1C(=O)CC(C)C.Cl. The van der Waals surface area contributed by atoms with E-state index in [2.05, 4.69) is 10.6 Å². The number of halogens is 1. The molecule has 2 amide bonds. The van der Waals surface area contributed by atoms with Crippen LogP contribution in [0.4, 0.5) is 0 Å². The number of ether oxygens (including phenoxy) is 1. The van der Waals surface area contributed by atoms with Gasteiger partial charge in [-0.2, -0.15) is 0 Å². The van der Waals surface area contributed by atoms with Crippen molar-refractivity contribution >= 4 is 24.2 Å². The van der Waals surface area contributed by atoms with Gasteiger partial charge in [-0.15, -0.1) is 12.4 Å². The lowest BCUT2D eigenvalue weighted by Gasteiger charge is -2.36. The molecule has 2 N–H and O–H groups in total. The van der Waals surface area contributed by atoms with Gasteiger partial charge in [-0.3, -0.25) is 9.59 Å². The molecule has 1 atom stereocenters. The van der Waals surface area contributed by atoms with Crippen LogP contribution in [-0.4, -0.2) is 56.1 Å². The fourth-order valence-corrected chi connectivity index (χ4v) is 3.18. The van der Waals surface area contributed by atoms with Gasteiger partial charge < -0.3 is 20.3 Å². The van der Waals surface area contributed by atoms with Gasteiger partial charge in [-0.25, -0.2) is 0 Å². The highest BCUT2D eigenvalue weighted by Crippen LogP contribution is 2.24. The Kier molecular flexibility index (Phi) is 10.4. The number of amides is 2. The van der Waals surface area contributed by atoms with Gasteiger partial charge in [0.1, 0.15) is 6.04 Å². The van der Waals surface area contributed by atoms with Crippen LogP contribution >= 0.6 is 12.4 Å². The third-order valence-electron chi connectivity index (χ3n) is 4.54. The monoisotopic (exact) mass is 397 g/mol. The molecule has 2 rings (SSSR count). The summed E-state index contributed by atoms with van der Waals surface area (Å²) in [5.41, 5.74) is 2.29. The van der Waals surface area contributed by atoms with E-state index in [1.54, 1.807) is 12.0 Å². The van der Waals surface area contributed by atoms with Crippen LogP contribution < -0.4 is 10.6 Å². The van der Waals surface area contributed by atoms with Gasteiger partial charge in [0.05, 0.1) is 6.61 Å². The van der Waals surface area contributed by atoms with E-state index in [0.717, 1.165) is 17.7 Å². The molecule has 0 saturated heterocycles. The lowest BCUT2D eigenvalue weighted by Crippen LogP contribution is -2.53. The topological polar surface area (TPSA) is 70.7 Å². The van der Waals surface area contributed by atoms with Crippen molar-refractivity contribution in [3.8, 4) is 0 Å². The van der Waals surface area contributed by atoms with Crippen molar-refractivity contribution in [2.24, 2.45) is 5.92 Å². The highest BCUT2D eigenvalue weighted by Gasteiger charge is 2.34. The maximum atomic E-state index is 12.7. The lowest BCUT2D eigenvalue weighted by molar-refractivity contribution is -0.142. The Labute approximate surface area is 168 Å². The number of hydrogen-bond donors (Lipinski definition) is 2. The Hall–Kier alpha value is -1.63. The van der Waals surface area contributed by atoms with Gasteiger partial charge in [0, 0.05) is 46.1 Å². The Morgan fingerprint density at radius 3 is 2.56 bits per heavy atom. The first-order valence-corrected chi connectivity index (χ1v) is 9.36. The van der Waals surface area contributed by atoms with Crippen LogP contribution in [0.15, 0.2) is 24.3 Å². The Morgan fingerprint density at radius 2 is 1.89 bits per heavy atom. The largest absolute Gasteiger partial charge is 0.383 e. The van der Waals surface area contributed by atoms with Crippen LogP contribution in [0, 0.1) is 5.92 Å². The molecular formula is C20H32ClN3O3. The molecule has 1 heterocycles. The smallest absolute Gasteiger partial charge is 0.243 e. The number of nitrogens with zero attached hydrogens (tertiary/aromatic N) is 1. The highest BCUT2D eigenvalue weighted by atomic mass is 35.5. The molecule has 0 spiro atoms. The molecular weight excluding hydrogens is 366 g/mol. The van der Waals surface area contributed by atoms with Crippen molar-refractivity contribution in [1.82, 2.24) is 15.5 Å². The molecule has 152 valence electrons. The summed E-state index contributed by atoms with van der Waals surface area (Å²) in [7, 11) is 1.66. The van der Waals surface area contributed by atoms with E-state index in [4.69, 9.17) is 4.74 Å². The number of rotatable bonds is 9. The van der Waals surface area contributed by atoms with E-state index in [0.29, 0.717) is 39.1 Å². The van der Waals surface area contributed by atoms with Gasteiger partial charge in [-0.1, -0.05) is 38.1 Å². The average molecular weight is 398 g/mol. The third kappa shape index (κ3) is 7.13. The van der Waals surface area contributed by atoms with Crippen LogP contribution in [0.1, 0.15) is 31.4 Å². The molecule has 1 aromatic rings. The van der Waals surface area contributed by atoms with Crippen LogP contribution in [-0.2, 0) is 27.3 Å².